The molecule has 2 aliphatic rings. The Balaban J connectivity index is 1.85. The maximum absolute atomic E-state index is 6.33. The predicted octanol–water partition coefficient (Wildman–Crippen LogP) is 2.16. The number of nitrogens with zero attached hydrogens (tertiary/aromatic N) is 5. The molecule has 9 nitrogen and oxygen atoms in total. The van der Waals surface area contributed by atoms with Gasteiger partial charge in [0.15, 0.2) is 0 Å². The van der Waals surface area contributed by atoms with Gasteiger partial charge in [-0.25, -0.2) is 4.99 Å². The van der Waals surface area contributed by atoms with Gasteiger partial charge in [0, 0.05) is 12.5 Å². The lowest BCUT2D eigenvalue weighted by Gasteiger charge is -2.45. The number of rotatable bonds is 3. The van der Waals surface area contributed by atoms with Crippen molar-refractivity contribution >= 4 is 17.6 Å². The molecule has 1 fully saturated rings. The fraction of sp³-hybridized carbons (Fsp3) is 0.444. The van der Waals surface area contributed by atoms with Crippen molar-refractivity contribution in [3.05, 3.63) is 24.1 Å². The van der Waals surface area contributed by atoms with E-state index in [0.717, 1.165) is 36.9 Å². The first-order valence-corrected chi connectivity index (χ1v) is 9.01. The summed E-state index contributed by atoms with van der Waals surface area (Å²) in [5.41, 5.74) is 13.3. The Morgan fingerprint density at radius 3 is 2.59 bits per heavy atom. The third-order valence-corrected chi connectivity index (χ3v) is 5.04. The molecule has 0 unspecified atom stereocenters. The fourth-order valence-electron chi connectivity index (χ4n) is 3.88. The van der Waals surface area contributed by atoms with Crippen LogP contribution in [0.4, 0.5) is 5.69 Å². The highest BCUT2D eigenvalue weighted by atomic mass is 16.5. The Morgan fingerprint density at radius 1 is 1.15 bits per heavy atom. The quantitative estimate of drug-likeness (QED) is 0.848. The van der Waals surface area contributed by atoms with Crippen LogP contribution >= 0.6 is 0 Å². The van der Waals surface area contributed by atoms with Gasteiger partial charge in [-0.3, -0.25) is 4.90 Å². The van der Waals surface area contributed by atoms with Crippen LogP contribution in [0.15, 0.2) is 32.6 Å². The number of methoxy groups -OCH3 is 1. The van der Waals surface area contributed by atoms with E-state index in [1.807, 2.05) is 23.1 Å². The number of aryl methyl sites for hydroxylation is 1. The molecule has 1 spiro atoms. The average Bonchev–Trinajstić information content (AvgIpc) is 3.08. The summed E-state index contributed by atoms with van der Waals surface area (Å²) in [6, 6.07) is 5.65. The van der Waals surface area contributed by atoms with Gasteiger partial charge in [0.05, 0.1) is 12.8 Å². The van der Waals surface area contributed by atoms with Gasteiger partial charge in [0.25, 0.3) is 0 Å². The van der Waals surface area contributed by atoms with Crippen LogP contribution in [0.25, 0.3) is 11.5 Å². The summed E-state index contributed by atoms with van der Waals surface area (Å²) in [5.74, 6) is 2.12. The zero-order valence-electron chi connectivity index (χ0n) is 15.5. The smallest absolute Gasteiger partial charge is 0.247 e. The number of guanidine groups is 2. The molecular formula is C18H23N7O2. The second-order valence-electron chi connectivity index (χ2n) is 6.83. The highest BCUT2D eigenvalue weighted by Gasteiger charge is 2.43. The van der Waals surface area contributed by atoms with E-state index in [2.05, 4.69) is 15.2 Å². The summed E-state index contributed by atoms with van der Waals surface area (Å²) < 4.78 is 11.2. The minimum Gasteiger partial charge on any atom is -0.495 e. The summed E-state index contributed by atoms with van der Waals surface area (Å²) in [5, 5.41) is 8.02. The highest BCUT2D eigenvalue weighted by molar-refractivity contribution is 6.06. The predicted molar refractivity (Wildman–Crippen MR) is 103 cm³/mol. The van der Waals surface area contributed by atoms with Crippen molar-refractivity contribution in [2.75, 3.05) is 12.0 Å². The molecule has 4 N–H and O–H groups in total. The van der Waals surface area contributed by atoms with Crippen molar-refractivity contribution in [3.8, 4) is 17.2 Å². The summed E-state index contributed by atoms with van der Waals surface area (Å²) in [4.78, 5) is 10.9. The second-order valence-corrected chi connectivity index (χ2v) is 6.83. The normalized spacial score (nSPS) is 19.0. The van der Waals surface area contributed by atoms with Gasteiger partial charge in [-0.1, -0.05) is 6.42 Å². The maximum atomic E-state index is 6.33. The van der Waals surface area contributed by atoms with E-state index in [1.165, 1.54) is 6.42 Å². The molecule has 1 aliphatic heterocycles. The molecule has 1 aromatic carbocycles. The Bertz CT molecular complexity index is 912. The van der Waals surface area contributed by atoms with Crippen LogP contribution in [-0.2, 0) is 0 Å². The van der Waals surface area contributed by atoms with Gasteiger partial charge in [0.1, 0.15) is 11.4 Å². The average molecular weight is 369 g/mol. The number of hydrogen-bond acceptors (Lipinski definition) is 9. The van der Waals surface area contributed by atoms with Crippen LogP contribution in [-0.4, -0.2) is 34.9 Å². The first-order valence-electron chi connectivity index (χ1n) is 9.01. The van der Waals surface area contributed by atoms with Gasteiger partial charge >= 0.3 is 0 Å². The molecule has 9 heteroatoms. The first-order chi connectivity index (χ1) is 13.0. The molecule has 0 radical (unpaired) electrons. The van der Waals surface area contributed by atoms with E-state index in [9.17, 15) is 0 Å². The molecule has 2 aromatic rings. The largest absolute Gasteiger partial charge is 0.495 e. The Kier molecular flexibility index (Phi) is 4.21. The molecular weight excluding hydrogens is 346 g/mol. The number of benzene rings is 1. The summed E-state index contributed by atoms with van der Waals surface area (Å²) >= 11 is 0. The van der Waals surface area contributed by atoms with Crippen LogP contribution in [0.5, 0.6) is 5.75 Å². The van der Waals surface area contributed by atoms with Crippen molar-refractivity contribution < 1.29 is 9.15 Å². The summed E-state index contributed by atoms with van der Waals surface area (Å²) in [6.07, 6.45) is 4.95. The monoisotopic (exact) mass is 369 g/mol. The van der Waals surface area contributed by atoms with Crippen LogP contribution in [0.3, 0.4) is 0 Å². The SMILES string of the molecule is COc1ccc(-c2nnc(C)o2)cc1N1C(N)=NC(N)=NC12CCCCC2. The van der Waals surface area contributed by atoms with E-state index >= 15 is 0 Å². The first kappa shape index (κ1) is 17.3. The van der Waals surface area contributed by atoms with Crippen molar-refractivity contribution in [1.29, 1.82) is 0 Å². The lowest BCUT2D eigenvalue weighted by Crippen LogP contribution is -2.58. The maximum Gasteiger partial charge on any atom is 0.247 e. The van der Waals surface area contributed by atoms with Crippen molar-refractivity contribution in [1.82, 2.24) is 10.2 Å². The van der Waals surface area contributed by atoms with Gasteiger partial charge in [-0.15, -0.1) is 10.2 Å². The molecule has 0 atom stereocenters. The summed E-state index contributed by atoms with van der Waals surface area (Å²) in [7, 11) is 1.62. The van der Waals surface area contributed by atoms with E-state index in [-0.39, 0.29) is 5.96 Å². The minimum atomic E-state index is -0.551. The topological polar surface area (TPSA) is 128 Å². The van der Waals surface area contributed by atoms with Crippen LogP contribution < -0.4 is 21.1 Å². The Morgan fingerprint density at radius 2 is 1.93 bits per heavy atom. The third-order valence-electron chi connectivity index (χ3n) is 5.04. The second kappa shape index (κ2) is 6.57. The zero-order chi connectivity index (χ0) is 19.0. The zero-order valence-corrected chi connectivity index (χ0v) is 15.5. The molecule has 1 saturated carbocycles. The molecule has 0 bridgehead atoms. The fourth-order valence-corrected chi connectivity index (χ4v) is 3.88. The number of anilines is 1. The number of ether oxygens (including phenoxy) is 1. The number of nitrogens with two attached hydrogens (primary N) is 2. The minimum absolute atomic E-state index is 0.216. The van der Waals surface area contributed by atoms with E-state index in [0.29, 0.717) is 23.5 Å². The molecule has 1 aliphatic carbocycles. The molecule has 27 heavy (non-hydrogen) atoms. The molecule has 4 rings (SSSR count). The van der Waals surface area contributed by atoms with E-state index in [1.54, 1.807) is 14.0 Å². The van der Waals surface area contributed by atoms with Gasteiger partial charge in [0.2, 0.25) is 23.7 Å². The van der Waals surface area contributed by atoms with Crippen LogP contribution in [0.1, 0.15) is 38.0 Å². The summed E-state index contributed by atoms with van der Waals surface area (Å²) in [6.45, 7) is 1.75. The standard InChI is InChI=1S/C18H23N7O2/c1-11-23-24-15(27-11)12-6-7-14(26-2)13(10-12)25-17(20)21-16(19)22-18(25)8-4-3-5-9-18/h6-7,10H,3-5,8-9H2,1-2H3,(H4,19,20,21,22). The Labute approximate surface area is 157 Å². The number of aliphatic imine (C=N–C) groups is 2. The molecule has 1 aromatic heterocycles. The lowest BCUT2D eigenvalue weighted by atomic mass is 9.87. The van der Waals surface area contributed by atoms with E-state index < -0.39 is 5.66 Å². The van der Waals surface area contributed by atoms with E-state index in [4.69, 9.17) is 25.6 Å². The van der Waals surface area contributed by atoms with Gasteiger partial charge in [-0.05, 0) is 43.9 Å². The van der Waals surface area contributed by atoms with Crippen LogP contribution in [0.2, 0.25) is 0 Å². The lowest BCUT2D eigenvalue weighted by molar-refractivity contribution is 0.303. The van der Waals surface area contributed by atoms with Crippen molar-refractivity contribution in [2.45, 2.75) is 44.7 Å². The highest BCUT2D eigenvalue weighted by Crippen LogP contribution is 2.43. The van der Waals surface area contributed by atoms with Gasteiger partial charge in [-0.2, -0.15) is 4.99 Å². The number of hydrogen-bond donors (Lipinski definition) is 2. The van der Waals surface area contributed by atoms with Crippen molar-refractivity contribution in [2.24, 2.45) is 21.5 Å². The molecule has 142 valence electrons. The van der Waals surface area contributed by atoms with Gasteiger partial charge < -0.3 is 20.6 Å². The number of aromatic nitrogens is 2. The molecule has 2 heterocycles. The Hall–Kier alpha value is -3.10. The van der Waals surface area contributed by atoms with Crippen molar-refractivity contribution in [3.63, 3.8) is 0 Å². The molecule has 0 saturated heterocycles. The third kappa shape index (κ3) is 2.98. The van der Waals surface area contributed by atoms with Crippen LogP contribution in [0, 0.1) is 6.92 Å². The molecule has 0 amide bonds.